The molecule has 0 saturated carbocycles. The molecule has 1 unspecified atom stereocenters. The zero-order valence-electron chi connectivity index (χ0n) is 10.5. The van der Waals surface area contributed by atoms with E-state index in [0.717, 1.165) is 21.5 Å². The SMILES string of the molecule is CC(C)C(C)Sc1ccc2ncccc2c1N. The molecule has 0 fully saturated rings. The van der Waals surface area contributed by atoms with Crippen LogP contribution in [-0.4, -0.2) is 10.2 Å². The van der Waals surface area contributed by atoms with E-state index in [-0.39, 0.29) is 0 Å². The number of rotatable bonds is 3. The first-order chi connectivity index (χ1) is 8.09. The Morgan fingerprint density at radius 1 is 1.18 bits per heavy atom. The fourth-order valence-electron chi connectivity index (χ4n) is 1.59. The Kier molecular flexibility index (Phi) is 3.57. The van der Waals surface area contributed by atoms with Crippen LogP contribution in [0.25, 0.3) is 10.9 Å². The molecular weight excluding hydrogens is 228 g/mol. The van der Waals surface area contributed by atoms with Crippen LogP contribution in [0.5, 0.6) is 0 Å². The molecule has 0 radical (unpaired) electrons. The third-order valence-electron chi connectivity index (χ3n) is 3.04. The van der Waals surface area contributed by atoms with Crippen LogP contribution in [0.15, 0.2) is 35.4 Å². The lowest BCUT2D eigenvalue weighted by atomic mass is 10.1. The van der Waals surface area contributed by atoms with E-state index >= 15 is 0 Å². The first-order valence-electron chi connectivity index (χ1n) is 5.89. The monoisotopic (exact) mass is 246 g/mol. The Morgan fingerprint density at radius 2 is 1.94 bits per heavy atom. The summed E-state index contributed by atoms with van der Waals surface area (Å²) in [4.78, 5) is 5.47. The van der Waals surface area contributed by atoms with Crippen LogP contribution in [0.1, 0.15) is 20.8 Å². The zero-order chi connectivity index (χ0) is 12.4. The lowest BCUT2D eigenvalue weighted by Crippen LogP contribution is -2.06. The van der Waals surface area contributed by atoms with Gasteiger partial charge < -0.3 is 5.73 Å². The van der Waals surface area contributed by atoms with Crippen LogP contribution in [0.2, 0.25) is 0 Å². The molecule has 1 aromatic carbocycles. The van der Waals surface area contributed by atoms with Crippen LogP contribution >= 0.6 is 11.8 Å². The van der Waals surface area contributed by atoms with Crippen molar-refractivity contribution in [1.29, 1.82) is 0 Å². The maximum atomic E-state index is 6.21. The van der Waals surface area contributed by atoms with Gasteiger partial charge in [-0.3, -0.25) is 4.98 Å². The molecular formula is C14H18N2S. The van der Waals surface area contributed by atoms with Gasteiger partial charge in [0.2, 0.25) is 0 Å². The average molecular weight is 246 g/mol. The van der Waals surface area contributed by atoms with E-state index in [1.54, 1.807) is 6.20 Å². The highest BCUT2D eigenvalue weighted by Gasteiger charge is 2.12. The van der Waals surface area contributed by atoms with Gasteiger partial charge in [-0.15, -0.1) is 11.8 Å². The van der Waals surface area contributed by atoms with E-state index in [1.165, 1.54) is 0 Å². The largest absolute Gasteiger partial charge is 0.397 e. The van der Waals surface area contributed by atoms with E-state index in [2.05, 4.69) is 31.8 Å². The summed E-state index contributed by atoms with van der Waals surface area (Å²) in [6.07, 6.45) is 1.80. The summed E-state index contributed by atoms with van der Waals surface area (Å²) in [5, 5.41) is 1.61. The number of nitrogens with two attached hydrogens (primary N) is 1. The second-order valence-electron chi connectivity index (χ2n) is 4.61. The fourth-order valence-corrected chi connectivity index (χ4v) is 2.65. The minimum absolute atomic E-state index is 0.562. The first-order valence-corrected chi connectivity index (χ1v) is 6.77. The summed E-state index contributed by atoms with van der Waals surface area (Å²) in [5.74, 6) is 0.643. The van der Waals surface area contributed by atoms with Crippen LogP contribution in [0.4, 0.5) is 5.69 Å². The molecule has 2 N–H and O–H groups in total. The minimum atomic E-state index is 0.562. The standard InChI is InChI=1S/C14H18N2S/c1-9(2)10(3)17-13-7-6-12-11(14(13)15)5-4-8-16-12/h4-10H,15H2,1-3H3. The maximum absolute atomic E-state index is 6.21. The van der Waals surface area contributed by atoms with Gasteiger partial charge in [0.05, 0.1) is 11.2 Å². The van der Waals surface area contributed by atoms with Gasteiger partial charge in [-0.25, -0.2) is 0 Å². The predicted octanol–water partition coefficient (Wildman–Crippen LogP) is 3.95. The topological polar surface area (TPSA) is 38.9 Å². The van der Waals surface area contributed by atoms with Gasteiger partial charge in [0.1, 0.15) is 0 Å². The molecule has 0 bridgehead atoms. The fraction of sp³-hybridized carbons (Fsp3) is 0.357. The normalized spacial score (nSPS) is 13.2. The number of hydrogen-bond donors (Lipinski definition) is 1. The van der Waals surface area contributed by atoms with Crippen molar-refractivity contribution in [3.8, 4) is 0 Å². The molecule has 0 amide bonds. The van der Waals surface area contributed by atoms with Crippen molar-refractivity contribution in [2.45, 2.75) is 30.9 Å². The van der Waals surface area contributed by atoms with Gasteiger partial charge in [-0.05, 0) is 30.2 Å². The molecule has 0 spiro atoms. The van der Waals surface area contributed by atoms with E-state index in [0.29, 0.717) is 11.2 Å². The molecule has 1 atom stereocenters. The Morgan fingerprint density at radius 3 is 2.65 bits per heavy atom. The third kappa shape index (κ3) is 2.55. The number of pyridine rings is 1. The van der Waals surface area contributed by atoms with Crippen molar-refractivity contribution in [1.82, 2.24) is 4.98 Å². The molecule has 0 aliphatic rings. The minimum Gasteiger partial charge on any atom is -0.397 e. The summed E-state index contributed by atoms with van der Waals surface area (Å²) in [6.45, 7) is 6.70. The van der Waals surface area contributed by atoms with Gasteiger partial charge in [0.15, 0.2) is 0 Å². The molecule has 0 aliphatic carbocycles. The van der Waals surface area contributed by atoms with Gasteiger partial charge in [0, 0.05) is 21.7 Å². The molecule has 1 heterocycles. The van der Waals surface area contributed by atoms with E-state index in [1.807, 2.05) is 30.0 Å². The van der Waals surface area contributed by atoms with Gasteiger partial charge in [-0.1, -0.05) is 20.8 Å². The third-order valence-corrected chi connectivity index (χ3v) is 4.56. The smallest absolute Gasteiger partial charge is 0.0723 e. The molecule has 90 valence electrons. The highest BCUT2D eigenvalue weighted by atomic mass is 32.2. The molecule has 2 nitrogen and oxygen atoms in total. The summed E-state index contributed by atoms with van der Waals surface area (Å²) >= 11 is 1.84. The Hall–Kier alpha value is -1.22. The molecule has 1 aromatic heterocycles. The molecule has 3 heteroatoms. The lowest BCUT2D eigenvalue weighted by molar-refractivity contribution is 0.642. The quantitative estimate of drug-likeness (QED) is 0.658. The number of fused-ring (bicyclic) bond motifs is 1. The van der Waals surface area contributed by atoms with Crippen LogP contribution in [0.3, 0.4) is 0 Å². The molecule has 0 aliphatic heterocycles. The lowest BCUT2D eigenvalue weighted by Gasteiger charge is -2.16. The van der Waals surface area contributed by atoms with Crippen molar-refractivity contribution in [3.05, 3.63) is 30.5 Å². The number of hydrogen-bond acceptors (Lipinski definition) is 3. The zero-order valence-corrected chi connectivity index (χ0v) is 11.3. The number of nitrogens with zero attached hydrogens (tertiary/aromatic N) is 1. The molecule has 17 heavy (non-hydrogen) atoms. The van der Waals surface area contributed by atoms with E-state index < -0.39 is 0 Å². The van der Waals surface area contributed by atoms with Gasteiger partial charge >= 0.3 is 0 Å². The Balaban J connectivity index is 2.39. The van der Waals surface area contributed by atoms with Crippen LogP contribution < -0.4 is 5.73 Å². The number of thioether (sulfide) groups is 1. The maximum Gasteiger partial charge on any atom is 0.0723 e. The Bertz CT molecular complexity index is 523. The highest BCUT2D eigenvalue weighted by Crippen LogP contribution is 2.35. The second-order valence-corrected chi connectivity index (χ2v) is 6.03. The first kappa shape index (κ1) is 12.2. The summed E-state index contributed by atoms with van der Waals surface area (Å²) < 4.78 is 0. The molecule has 2 aromatic rings. The number of aromatic nitrogens is 1. The van der Waals surface area contributed by atoms with E-state index in [4.69, 9.17) is 5.73 Å². The second kappa shape index (κ2) is 4.96. The highest BCUT2D eigenvalue weighted by molar-refractivity contribution is 8.00. The van der Waals surface area contributed by atoms with Gasteiger partial charge in [0.25, 0.3) is 0 Å². The van der Waals surface area contributed by atoms with Gasteiger partial charge in [-0.2, -0.15) is 0 Å². The van der Waals surface area contributed by atoms with Crippen molar-refractivity contribution in [3.63, 3.8) is 0 Å². The van der Waals surface area contributed by atoms with Crippen LogP contribution in [0, 0.1) is 5.92 Å². The van der Waals surface area contributed by atoms with Crippen LogP contribution in [-0.2, 0) is 0 Å². The van der Waals surface area contributed by atoms with Crippen molar-refractivity contribution in [2.24, 2.45) is 5.92 Å². The number of benzene rings is 1. The van der Waals surface area contributed by atoms with Crippen molar-refractivity contribution in [2.75, 3.05) is 5.73 Å². The number of nitrogen functional groups attached to an aromatic ring is 1. The van der Waals surface area contributed by atoms with Crippen molar-refractivity contribution >= 4 is 28.4 Å². The van der Waals surface area contributed by atoms with E-state index in [9.17, 15) is 0 Å². The predicted molar refractivity (Wildman–Crippen MR) is 76.3 cm³/mol. The molecule has 2 rings (SSSR count). The summed E-state index contributed by atoms with van der Waals surface area (Å²) in [6, 6.07) is 8.08. The van der Waals surface area contributed by atoms with Crippen molar-refractivity contribution < 1.29 is 0 Å². The average Bonchev–Trinajstić information content (AvgIpc) is 2.33. The Labute approximate surface area is 107 Å². The molecule has 0 saturated heterocycles. The summed E-state index contributed by atoms with van der Waals surface area (Å²) in [5.41, 5.74) is 8.03. The summed E-state index contributed by atoms with van der Waals surface area (Å²) in [7, 11) is 0. The number of anilines is 1.